The summed E-state index contributed by atoms with van der Waals surface area (Å²) in [5.41, 5.74) is 3.97. The van der Waals surface area contributed by atoms with E-state index in [1.165, 1.54) is 0 Å². The van der Waals surface area contributed by atoms with Crippen molar-refractivity contribution in [3.05, 3.63) is 28.8 Å². The van der Waals surface area contributed by atoms with E-state index < -0.39 is 0 Å². The van der Waals surface area contributed by atoms with Gasteiger partial charge in [-0.1, -0.05) is 17.7 Å². The number of benzene rings is 1. The van der Waals surface area contributed by atoms with Crippen molar-refractivity contribution in [1.29, 1.82) is 0 Å². The lowest BCUT2D eigenvalue weighted by Gasteiger charge is -2.18. The van der Waals surface area contributed by atoms with E-state index in [4.69, 9.17) is 0 Å². The van der Waals surface area contributed by atoms with Gasteiger partial charge in [0.25, 0.3) is 0 Å². The summed E-state index contributed by atoms with van der Waals surface area (Å²) >= 11 is 0. The van der Waals surface area contributed by atoms with Gasteiger partial charge in [-0.3, -0.25) is 19.3 Å². The molecule has 7 nitrogen and oxygen atoms in total. The lowest BCUT2D eigenvalue weighted by Crippen LogP contribution is -2.42. The van der Waals surface area contributed by atoms with Crippen LogP contribution in [0, 0.1) is 20.8 Å². The first-order chi connectivity index (χ1) is 11.7. The molecule has 0 heterocycles. The number of nitrogens with one attached hydrogen (secondary N) is 3. The highest BCUT2D eigenvalue weighted by atomic mass is 16.2. The fraction of sp³-hybridized carbons (Fsp3) is 0.500. The van der Waals surface area contributed by atoms with Crippen LogP contribution in [-0.2, 0) is 14.4 Å². The summed E-state index contributed by atoms with van der Waals surface area (Å²) in [5, 5.41) is 8.02. The van der Waals surface area contributed by atoms with E-state index in [0.717, 1.165) is 22.4 Å². The Labute approximate surface area is 149 Å². The lowest BCUT2D eigenvalue weighted by molar-refractivity contribution is -0.127. The maximum Gasteiger partial charge on any atom is 0.239 e. The molecule has 3 amide bonds. The van der Waals surface area contributed by atoms with Crippen molar-refractivity contribution in [2.75, 3.05) is 38.5 Å². The molecule has 0 bridgehead atoms. The summed E-state index contributed by atoms with van der Waals surface area (Å²) in [6.45, 7) is 8.31. The van der Waals surface area contributed by atoms with Crippen LogP contribution in [0.1, 0.15) is 23.6 Å². The van der Waals surface area contributed by atoms with E-state index in [1.54, 1.807) is 11.9 Å². The first-order valence-electron chi connectivity index (χ1n) is 8.32. The molecule has 1 aromatic carbocycles. The second-order valence-electron chi connectivity index (χ2n) is 6.22. The van der Waals surface area contributed by atoms with Gasteiger partial charge < -0.3 is 16.0 Å². The Hall–Kier alpha value is -2.41. The highest BCUT2D eigenvalue weighted by molar-refractivity contribution is 5.94. The number of likely N-dealkylation sites (N-methyl/N-ethyl adjacent to an activating group) is 2. The van der Waals surface area contributed by atoms with Crippen molar-refractivity contribution in [1.82, 2.24) is 15.5 Å². The van der Waals surface area contributed by atoms with Crippen molar-refractivity contribution >= 4 is 23.4 Å². The lowest BCUT2D eigenvalue weighted by atomic mass is 10.1. The molecule has 0 unspecified atom stereocenters. The second kappa shape index (κ2) is 9.78. The number of nitrogens with zero attached hydrogens (tertiary/aromatic N) is 1. The van der Waals surface area contributed by atoms with Gasteiger partial charge in [0.05, 0.1) is 19.6 Å². The minimum Gasteiger partial charge on any atom is -0.355 e. The largest absolute Gasteiger partial charge is 0.355 e. The average Bonchev–Trinajstić information content (AvgIpc) is 2.49. The van der Waals surface area contributed by atoms with Crippen LogP contribution in [0.4, 0.5) is 5.69 Å². The average molecular weight is 348 g/mol. The van der Waals surface area contributed by atoms with Crippen molar-refractivity contribution in [3.8, 4) is 0 Å². The van der Waals surface area contributed by atoms with Gasteiger partial charge in [-0.05, 0) is 45.9 Å². The summed E-state index contributed by atoms with van der Waals surface area (Å²) in [6, 6.07) is 4.03. The van der Waals surface area contributed by atoms with Crippen molar-refractivity contribution in [2.45, 2.75) is 27.7 Å². The van der Waals surface area contributed by atoms with Crippen LogP contribution in [0.25, 0.3) is 0 Å². The Morgan fingerprint density at radius 2 is 1.48 bits per heavy atom. The number of hydrogen-bond acceptors (Lipinski definition) is 4. The van der Waals surface area contributed by atoms with Gasteiger partial charge in [0.1, 0.15) is 0 Å². The molecule has 0 aliphatic heterocycles. The molecule has 0 radical (unpaired) electrons. The molecule has 0 fully saturated rings. The zero-order chi connectivity index (χ0) is 19.0. The second-order valence-corrected chi connectivity index (χ2v) is 6.22. The van der Waals surface area contributed by atoms with E-state index in [2.05, 4.69) is 16.0 Å². The third-order valence-corrected chi connectivity index (χ3v) is 3.59. The molecule has 0 aliphatic carbocycles. The molecule has 0 aliphatic rings. The van der Waals surface area contributed by atoms with Crippen LogP contribution in [0.2, 0.25) is 0 Å². The van der Waals surface area contributed by atoms with Gasteiger partial charge in [0.15, 0.2) is 0 Å². The minimum atomic E-state index is -0.302. The van der Waals surface area contributed by atoms with E-state index in [-0.39, 0.29) is 37.4 Å². The SMILES string of the molecule is CCNC(=O)CNC(=O)CN(C)CC(=O)Nc1c(C)cc(C)cc1C. The van der Waals surface area contributed by atoms with Crippen LogP contribution in [0.3, 0.4) is 0 Å². The predicted octanol–water partition coefficient (Wildman–Crippen LogP) is 0.734. The zero-order valence-electron chi connectivity index (χ0n) is 15.7. The first-order valence-corrected chi connectivity index (χ1v) is 8.32. The number of carbonyl (C=O) groups excluding carboxylic acids is 3. The fourth-order valence-electron chi connectivity index (χ4n) is 2.60. The van der Waals surface area contributed by atoms with Crippen LogP contribution in [-0.4, -0.2) is 55.8 Å². The number of aryl methyl sites for hydroxylation is 3. The number of anilines is 1. The Balaban J connectivity index is 2.46. The molecule has 0 saturated carbocycles. The highest BCUT2D eigenvalue weighted by Gasteiger charge is 2.13. The molecule has 1 rings (SSSR count). The maximum atomic E-state index is 12.2. The third kappa shape index (κ3) is 7.34. The van der Waals surface area contributed by atoms with Crippen molar-refractivity contribution in [2.24, 2.45) is 0 Å². The molecule has 7 heteroatoms. The van der Waals surface area contributed by atoms with Gasteiger partial charge in [-0.2, -0.15) is 0 Å². The van der Waals surface area contributed by atoms with Crippen LogP contribution in [0.5, 0.6) is 0 Å². The fourth-order valence-corrected chi connectivity index (χ4v) is 2.60. The summed E-state index contributed by atoms with van der Waals surface area (Å²) in [6.07, 6.45) is 0. The zero-order valence-corrected chi connectivity index (χ0v) is 15.7. The van der Waals surface area contributed by atoms with E-state index in [0.29, 0.717) is 6.54 Å². The van der Waals surface area contributed by atoms with Crippen LogP contribution in [0.15, 0.2) is 12.1 Å². The molecule has 3 N–H and O–H groups in total. The Bertz CT molecular complexity index is 620. The van der Waals surface area contributed by atoms with E-state index in [9.17, 15) is 14.4 Å². The number of amides is 3. The monoisotopic (exact) mass is 348 g/mol. The third-order valence-electron chi connectivity index (χ3n) is 3.59. The molecule has 1 aromatic rings. The van der Waals surface area contributed by atoms with Crippen LogP contribution >= 0.6 is 0 Å². The Kier molecular flexibility index (Phi) is 8.07. The molecule has 0 atom stereocenters. The number of hydrogen-bond donors (Lipinski definition) is 3. The van der Waals surface area contributed by atoms with Gasteiger partial charge in [-0.15, -0.1) is 0 Å². The predicted molar refractivity (Wildman–Crippen MR) is 98.5 cm³/mol. The molecule has 0 spiro atoms. The highest BCUT2D eigenvalue weighted by Crippen LogP contribution is 2.21. The topological polar surface area (TPSA) is 90.5 Å². The Morgan fingerprint density at radius 1 is 0.920 bits per heavy atom. The van der Waals surface area contributed by atoms with Crippen LogP contribution < -0.4 is 16.0 Å². The molecule has 0 aromatic heterocycles. The molecular weight excluding hydrogens is 320 g/mol. The molecular formula is C18H28N4O3. The van der Waals surface area contributed by atoms with E-state index in [1.807, 2.05) is 39.8 Å². The Morgan fingerprint density at radius 3 is 2.04 bits per heavy atom. The van der Waals surface area contributed by atoms with Gasteiger partial charge in [0.2, 0.25) is 17.7 Å². The normalized spacial score (nSPS) is 10.5. The van der Waals surface area contributed by atoms with Crippen molar-refractivity contribution in [3.63, 3.8) is 0 Å². The molecule has 25 heavy (non-hydrogen) atoms. The van der Waals surface area contributed by atoms with Gasteiger partial charge in [-0.25, -0.2) is 0 Å². The summed E-state index contributed by atoms with van der Waals surface area (Å²) in [4.78, 5) is 36.9. The van der Waals surface area contributed by atoms with Crippen molar-refractivity contribution < 1.29 is 14.4 Å². The van der Waals surface area contributed by atoms with Gasteiger partial charge in [0, 0.05) is 12.2 Å². The molecule has 138 valence electrons. The summed E-state index contributed by atoms with van der Waals surface area (Å²) in [5.74, 6) is -0.722. The number of carbonyl (C=O) groups is 3. The smallest absolute Gasteiger partial charge is 0.239 e. The first kappa shape index (κ1) is 20.6. The summed E-state index contributed by atoms with van der Waals surface area (Å²) in [7, 11) is 1.68. The molecule has 0 saturated heterocycles. The van der Waals surface area contributed by atoms with Gasteiger partial charge >= 0.3 is 0 Å². The minimum absolute atomic E-state index is 0.0404. The maximum absolute atomic E-state index is 12.2. The summed E-state index contributed by atoms with van der Waals surface area (Å²) < 4.78 is 0. The standard InChI is InChI=1S/C18H28N4O3/c1-6-19-15(23)9-20-16(24)10-22(5)11-17(25)21-18-13(3)7-12(2)8-14(18)4/h7-8H,6,9-11H2,1-5H3,(H,19,23)(H,20,24)(H,21,25). The van der Waals surface area contributed by atoms with E-state index >= 15 is 0 Å². The number of rotatable bonds is 8. The quantitative estimate of drug-likeness (QED) is 0.646.